The summed E-state index contributed by atoms with van der Waals surface area (Å²) in [6.07, 6.45) is 3.88. The van der Waals surface area contributed by atoms with Gasteiger partial charge in [0.15, 0.2) is 0 Å². The van der Waals surface area contributed by atoms with Crippen LogP contribution in [0.1, 0.15) is 19.3 Å². The van der Waals surface area contributed by atoms with Gasteiger partial charge in [0.1, 0.15) is 0 Å². The van der Waals surface area contributed by atoms with Crippen LogP contribution in [0.4, 0.5) is 10.5 Å². The normalized spacial score (nSPS) is 21.2. The maximum atomic E-state index is 11.9. The van der Waals surface area contributed by atoms with Crippen molar-refractivity contribution in [3.05, 3.63) is 18.3 Å². The molecule has 108 valence electrons. The lowest BCUT2D eigenvalue weighted by molar-refractivity contribution is -0.122. The summed E-state index contributed by atoms with van der Waals surface area (Å²) in [5.74, 6) is -0.172. The van der Waals surface area contributed by atoms with Crippen molar-refractivity contribution in [2.24, 2.45) is 11.7 Å². The number of carbonyl (C=O) groups excluding carboxylic acids is 2. The SMILES string of the molecule is COc1ccc(NC(=O)NC2CCCC2C(N)=O)cn1. The molecule has 2 atom stereocenters. The number of nitrogens with one attached hydrogen (secondary N) is 2. The van der Waals surface area contributed by atoms with E-state index in [1.165, 1.54) is 13.3 Å². The fraction of sp³-hybridized carbons (Fsp3) is 0.462. The van der Waals surface area contributed by atoms with Crippen LogP contribution in [0.2, 0.25) is 0 Å². The van der Waals surface area contributed by atoms with Gasteiger partial charge in [0.25, 0.3) is 0 Å². The predicted octanol–water partition coefficient (Wildman–Crippen LogP) is 0.866. The molecular formula is C13H18N4O3. The van der Waals surface area contributed by atoms with E-state index in [9.17, 15) is 9.59 Å². The van der Waals surface area contributed by atoms with E-state index in [0.717, 1.165) is 19.3 Å². The Hall–Kier alpha value is -2.31. The lowest BCUT2D eigenvalue weighted by atomic mass is 10.0. The van der Waals surface area contributed by atoms with Crippen molar-refractivity contribution in [1.82, 2.24) is 10.3 Å². The second-order valence-corrected chi connectivity index (χ2v) is 4.73. The molecule has 1 aromatic rings. The summed E-state index contributed by atoms with van der Waals surface area (Å²) >= 11 is 0. The Morgan fingerprint density at radius 2 is 2.20 bits per heavy atom. The highest BCUT2D eigenvalue weighted by molar-refractivity contribution is 5.90. The standard InChI is InChI=1S/C13H18N4O3/c1-20-11-6-5-8(7-15-11)16-13(19)17-10-4-2-3-9(10)12(14)18/h5-7,9-10H,2-4H2,1H3,(H2,14,18)(H2,16,17,19). The van der Waals surface area contributed by atoms with Crippen molar-refractivity contribution < 1.29 is 14.3 Å². The van der Waals surface area contributed by atoms with Gasteiger partial charge in [0.2, 0.25) is 11.8 Å². The number of nitrogens with two attached hydrogens (primary N) is 1. The average molecular weight is 278 g/mol. The molecule has 1 aliphatic rings. The highest BCUT2D eigenvalue weighted by atomic mass is 16.5. The Balaban J connectivity index is 1.90. The fourth-order valence-electron chi connectivity index (χ4n) is 2.38. The van der Waals surface area contributed by atoms with Crippen LogP contribution in [0, 0.1) is 5.92 Å². The number of urea groups is 1. The van der Waals surface area contributed by atoms with E-state index in [0.29, 0.717) is 11.6 Å². The number of pyridine rings is 1. The molecule has 1 aliphatic carbocycles. The number of aromatic nitrogens is 1. The maximum absolute atomic E-state index is 11.9. The summed E-state index contributed by atoms with van der Waals surface area (Å²) in [4.78, 5) is 27.1. The summed E-state index contributed by atoms with van der Waals surface area (Å²) < 4.78 is 4.93. The summed E-state index contributed by atoms with van der Waals surface area (Å²) in [5, 5.41) is 5.44. The van der Waals surface area contributed by atoms with E-state index >= 15 is 0 Å². The molecular weight excluding hydrogens is 260 g/mol. The molecule has 20 heavy (non-hydrogen) atoms. The molecule has 7 nitrogen and oxygen atoms in total. The zero-order valence-corrected chi connectivity index (χ0v) is 11.3. The molecule has 1 fully saturated rings. The van der Waals surface area contributed by atoms with Crippen molar-refractivity contribution in [3.8, 4) is 5.88 Å². The Bertz CT molecular complexity index is 489. The zero-order valence-electron chi connectivity index (χ0n) is 11.3. The van der Waals surface area contributed by atoms with Crippen molar-refractivity contribution >= 4 is 17.6 Å². The minimum absolute atomic E-state index is 0.196. The molecule has 3 amide bonds. The van der Waals surface area contributed by atoms with E-state index in [-0.39, 0.29) is 23.9 Å². The van der Waals surface area contributed by atoms with Gasteiger partial charge in [-0.15, -0.1) is 0 Å². The highest BCUT2D eigenvalue weighted by Gasteiger charge is 2.32. The number of nitrogens with zero attached hydrogens (tertiary/aromatic N) is 1. The number of rotatable bonds is 4. The monoisotopic (exact) mass is 278 g/mol. The van der Waals surface area contributed by atoms with Gasteiger partial charge in [0.05, 0.1) is 24.9 Å². The van der Waals surface area contributed by atoms with E-state index in [4.69, 9.17) is 10.5 Å². The molecule has 0 aromatic carbocycles. The summed E-state index contributed by atoms with van der Waals surface area (Å²) in [7, 11) is 1.52. The van der Waals surface area contributed by atoms with Crippen LogP contribution >= 0.6 is 0 Å². The predicted molar refractivity (Wildman–Crippen MR) is 73.3 cm³/mol. The Morgan fingerprint density at radius 3 is 2.80 bits per heavy atom. The number of hydrogen-bond donors (Lipinski definition) is 3. The highest BCUT2D eigenvalue weighted by Crippen LogP contribution is 2.25. The van der Waals surface area contributed by atoms with E-state index in [2.05, 4.69) is 15.6 Å². The van der Waals surface area contributed by atoms with Crippen LogP contribution in [0.25, 0.3) is 0 Å². The molecule has 1 heterocycles. The zero-order chi connectivity index (χ0) is 14.5. The third-order valence-electron chi connectivity index (χ3n) is 3.40. The molecule has 1 aromatic heterocycles. The van der Waals surface area contributed by atoms with Gasteiger partial charge in [-0.05, 0) is 18.9 Å². The minimum Gasteiger partial charge on any atom is -0.481 e. The largest absolute Gasteiger partial charge is 0.481 e. The van der Waals surface area contributed by atoms with Crippen LogP contribution in [-0.4, -0.2) is 30.1 Å². The molecule has 0 aliphatic heterocycles. The first-order chi connectivity index (χ1) is 9.60. The topological polar surface area (TPSA) is 106 Å². The molecule has 0 bridgehead atoms. The van der Waals surface area contributed by atoms with E-state index in [1.807, 2.05) is 0 Å². The molecule has 4 N–H and O–H groups in total. The first kappa shape index (κ1) is 14.1. The minimum atomic E-state index is -0.366. The van der Waals surface area contributed by atoms with Crippen LogP contribution in [0.5, 0.6) is 5.88 Å². The Kier molecular flexibility index (Phi) is 4.39. The number of carbonyl (C=O) groups is 2. The van der Waals surface area contributed by atoms with Crippen LogP contribution in [-0.2, 0) is 4.79 Å². The molecule has 1 saturated carbocycles. The van der Waals surface area contributed by atoms with Crippen LogP contribution in [0.3, 0.4) is 0 Å². The summed E-state index contributed by atoms with van der Waals surface area (Å²) in [6, 6.07) is 2.78. The maximum Gasteiger partial charge on any atom is 0.319 e. The molecule has 0 spiro atoms. The van der Waals surface area contributed by atoms with Crippen molar-refractivity contribution in [2.75, 3.05) is 12.4 Å². The first-order valence-electron chi connectivity index (χ1n) is 6.47. The first-order valence-corrected chi connectivity index (χ1v) is 6.47. The van der Waals surface area contributed by atoms with Gasteiger partial charge < -0.3 is 21.1 Å². The second kappa shape index (κ2) is 6.23. The molecule has 2 rings (SSSR count). The Labute approximate surface area is 116 Å². The lowest BCUT2D eigenvalue weighted by Crippen LogP contribution is -2.44. The van der Waals surface area contributed by atoms with Gasteiger partial charge in [-0.1, -0.05) is 6.42 Å². The van der Waals surface area contributed by atoms with Gasteiger partial charge in [0, 0.05) is 12.1 Å². The number of anilines is 1. The molecule has 0 saturated heterocycles. The van der Waals surface area contributed by atoms with E-state index in [1.54, 1.807) is 12.1 Å². The Morgan fingerprint density at radius 1 is 1.40 bits per heavy atom. The number of primary amides is 1. The average Bonchev–Trinajstić information content (AvgIpc) is 2.87. The fourth-order valence-corrected chi connectivity index (χ4v) is 2.38. The lowest BCUT2D eigenvalue weighted by Gasteiger charge is -2.18. The molecule has 7 heteroatoms. The number of methoxy groups -OCH3 is 1. The molecule has 2 unspecified atom stereocenters. The van der Waals surface area contributed by atoms with Gasteiger partial charge in [-0.25, -0.2) is 9.78 Å². The number of ether oxygens (including phenoxy) is 1. The van der Waals surface area contributed by atoms with Gasteiger partial charge >= 0.3 is 6.03 Å². The summed E-state index contributed by atoms with van der Waals surface area (Å²) in [5.41, 5.74) is 5.87. The van der Waals surface area contributed by atoms with Crippen LogP contribution < -0.4 is 21.1 Å². The number of amides is 3. The third kappa shape index (κ3) is 3.37. The van der Waals surface area contributed by atoms with E-state index < -0.39 is 0 Å². The summed E-state index contributed by atoms with van der Waals surface area (Å²) in [6.45, 7) is 0. The quantitative estimate of drug-likeness (QED) is 0.759. The van der Waals surface area contributed by atoms with Gasteiger partial charge in [-0.2, -0.15) is 0 Å². The van der Waals surface area contributed by atoms with Crippen molar-refractivity contribution in [3.63, 3.8) is 0 Å². The van der Waals surface area contributed by atoms with Gasteiger partial charge in [-0.3, -0.25) is 4.79 Å². The van der Waals surface area contributed by atoms with Crippen molar-refractivity contribution in [2.45, 2.75) is 25.3 Å². The second-order valence-electron chi connectivity index (χ2n) is 4.73. The smallest absolute Gasteiger partial charge is 0.319 e. The number of hydrogen-bond acceptors (Lipinski definition) is 4. The van der Waals surface area contributed by atoms with Crippen molar-refractivity contribution in [1.29, 1.82) is 0 Å². The third-order valence-corrected chi connectivity index (χ3v) is 3.40. The van der Waals surface area contributed by atoms with Crippen LogP contribution in [0.15, 0.2) is 18.3 Å². The molecule has 0 radical (unpaired) electrons.